The Kier molecular flexibility index (Phi) is 12.2. The van der Waals surface area contributed by atoms with Gasteiger partial charge in [0.2, 0.25) is 0 Å². The number of amidine groups is 3. The van der Waals surface area contributed by atoms with Crippen molar-refractivity contribution in [2.75, 3.05) is 14.1 Å². The first kappa shape index (κ1) is 38.6. The number of nitrogens with one attached hydrogen (secondary N) is 3. The lowest BCUT2D eigenvalue weighted by Crippen LogP contribution is -2.40. The molecule has 0 unspecified atom stereocenters. The summed E-state index contributed by atoms with van der Waals surface area (Å²) >= 11 is 0. The molecular formula is C38H51F3N10O. The second kappa shape index (κ2) is 16.4. The molecule has 0 aromatic carbocycles. The molecule has 1 amide bonds. The fourth-order valence-corrected chi connectivity index (χ4v) is 7.15. The number of amides is 1. The fourth-order valence-electron chi connectivity index (χ4n) is 7.15. The number of fused-ring (bicyclic) bond motifs is 7. The molecule has 280 valence electrons. The number of carbonyl (C=O) groups is 1. The maximum atomic E-state index is 13.9. The number of halogens is 3. The van der Waals surface area contributed by atoms with Crippen LogP contribution in [-0.2, 0) is 30.5 Å². The van der Waals surface area contributed by atoms with Crippen LogP contribution in [0.25, 0.3) is 0 Å². The van der Waals surface area contributed by atoms with E-state index in [-0.39, 0.29) is 23.1 Å². The van der Waals surface area contributed by atoms with E-state index < -0.39 is 12.1 Å². The largest absolute Gasteiger partial charge is 0.471 e. The summed E-state index contributed by atoms with van der Waals surface area (Å²) < 4.78 is 41.8. The van der Waals surface area contributed by atoms with E-state index in [1.54, 1.807) is 0 Å². The third kappa shape index (κ3) is 7.47. The minimum absolute atomic E-state index is 0.0210. The Morgan fingerprint density at radius 3 is 1.63 bits per heavy atom. The SMILES string of the molecule is CCCC1=C(CCC)C2=Nc3[nH]c(c(CCC)c3CCC)N=C3NC(=C(N(C)C(=O)C(F)(F)F)C3=NC)N=c3[nH]c(c(CCC)c3CCC)=NC1=N2. The standard InChI is InChI=1S/C38H51F3N10O/c1-9-15-21-22(16-10-2)30-43-29(21)44-31-23(17-11-3)25(19-13-5)33(46-31)48-35-27(42-7)28(51(8)37(52)38(39,40)41)36(50-35)49-34-26(20-14-6)24(18-12-4)32(45-30)47-34/h46H,9-20H2,1-8H3,(H,48,50)(H,43,44,45,47,49). The van der Waals surface area contributed by atoms with E-state index in [9.17, 15) is 18.0 Å². The number of aromatic amines is 2. The highest BCUT2D eigenvalue weighted by Gasteiger charge is 2.45. The average molecular weight is 721 g/mol. The minimum atomic E-state index is -5.13. The highest BCUT2D eigenvalue weighted by atomic mass is 19.4. The van der Waals surface area contributed by atoms with Crippen LogP contribution in [0.15, 0.2) is 52.6 Å². The van der Waals surface area contributed by atoms with Gasteiger partial charge in [-0.15, -0.1) is 0 Å². The van der Waals surface area contributed by atoms with Crippen LogP contribution in [0.4, 0.5) is 24.8 Å². The quantitative estimate of drug-likeness (QED) is 0.200. The van der Waals surface area contributed by atoms with E-state index in [4.69, 9.17) is 25.0 Å². The van der Waals surface area contributed by atoms with Gasteiger partial charge in [-0.2, -0.15) is 13.2 Å². The summed E-state index contributed by atoms with van der Waals surface area (Å²) in [6.07, 6.45) is 4.38. The van der Waals surface area contributed by atoms with Crippen molar-refractivity contribution in [1.82, 2.24) is 20.2 Å². The Morgan fingerprint density at radius 1 is 0.654 bits per heavy atom. The molecule has 11 nitrogen and oxygen atoms in total. The van der Waals surface area contributed by atoms with Gasteiger partial charge in [-0.05, 0) is 38.5 Å². The lowest BCUT2D eigenvalue weighted by Gasteiger charge is -2.20. The summed E-state index contributed by atoms with van der Waals surface area (Å²) in [5.74, 6) is 0.556. The molecule has 3 aliphatic rings. The van der Waals surface area contributed by atoms with Crippen LogP contribution in [0.5, 0.6) is 0 Å². The van der Waals surface area contributed by atoms with Gasteiger partial charge >= 0.3 is 12.1 Å². The van der Waals surface area contributed by atoms with Crippen LogP contribution in [0, 0.1) is 0 Å². The predicted molar refractivity (Wildman–Crippen MR) is 201 cm³/mol. The monoisotopic (exact) mass is 720 g/mol. The maximum absolute atomic E-state index is 13.9. The fraction of sp³-hybridized carbons (Fsp3) is 0.553. The average Bonchev–Trinajstić information content (AvgIpc) is 3.80. The van der Waals surface area contributed by atoms with Crippen molar-refractivity contribution in [3.8, 4) is 0 Å². The summed E-state index contributed by atoms with van der Waals surface area (Å²) in [4.78, 5) is 50.0. The van der Waals surface area contributed by atoms with E-state index in [2.05, 4.69) is 61.8 Å². The molecule has 0 saturated carbocycles. The van der Waals surface area contributed by atoms with Crippen molar-refractivity contribution in [1.29, 1.82) is 0 Å². The molecule has 14 heteroatoms. The topological polar surface area (TPSA) is 138 Å². The van der Waals surface area contributed by atoms with Gasteiger partial charge in [-0.1, -0.05) is 80.1 Å². The number of carbonyl (C=O) groups excluding carboxylic acids is 1. The lowest BCUT2D eigenvalue weighted by molar-refractivity contribution is -0.181. The van der Waals surface area contributed by atoms with Crippen molar-refractivity contribution in [3.63, 3.8) is 0 Å². The highest BCUT2D eigenvalue weighted by molar-refractivity contribution is 6.50. The molecule has 0 aliphatic carbocycles. The third-order valence-electron chi connectivity index (χ3n) is 9.36. The molecule has 52 heavy (non-hydrogen) atoms. The molecule has 0 fully saturated rings. The molecule has 2 aromatic rings. The molecule has 8 bridgehead atoms. The summed E-state index contributed by atoms with van der Waals surface area (Å²) in [5, 5.41) is 3.16. The van der Waals surface area contributed by atoms with Crippen molar-refractivity contribution >= 4 is 40.8 Å². The summed E-state index contributed by atoms with van der Waals surface area (Å²) in [5.41, 5.74) is 7.05. The molecule has 0 radical (unpaired) electrons. The molecule has 0 saturated heterocycles. The number of alkyl halides is 3. The van der Waals surface area contributed by atoms with Crippen molar-refractivity contribution in [3.05, 3.63) is 55.9 Å². The highest BCUT2D eigenvalue weighted by Crippen LogP contribution is 2.37. The molecular weight excluding hydrogens is 669 g/mol. The minimum Gasteiger partial charge on any atom is -0.324 e. The van der Waals surface area contributed by atoms with E-state index in [0.717, 1.165) is 98.2 Å². The molecule has 5 rings (SSSR count). The molecule has 3 aliphatic heterocycles. The molecule has 0 spiro atoms. The van der Waals surface area contributed by atoms with Crippen LogP contribution in [-0.4, -0.2) is 64.3 Å². The summed E-state index contributed by atoms with van der Waals surface area (Å²) in [6, 6.07) is 0. The molecule has 5 heterocycles. The molecule has 0 atom stereocenters. The molecule has 3 N–H and O–H groups in total. The van der Waals surface area contributed by atoms with Gasteiger partial charge in [0, 0.05) is 47.5 Å². The van der Waals surface area contributed by atoms with Crippen molar-refractivity contribution in [2.45, 2.75) is 125 Å². The van der Waals surface area contributed by atoms with E-state index in [1.807, 2.05) is 0 Å². The Labute approximate surface area is 303 Å². The Balaban J connectivity index is 1.96. The van der Waals surface area contributed by atoms with Gasteiger partial charge in [0.1, 0.15) is 34.0 Å². The van der Waals surface area contributed by atoms with Gasteiger partial charge in [-0.25, -0.2) is 25.0 Å². The number of hydrogen-bond acceptors (Lipinski definition) is 8. The van der Waals surface area contributed by atoms with E-state index >= 15 is 0 Å². The number of nitrogens with zero attached hydrogens (tertiary/aromatic N) is 7. The van der Waals surface area contributed by atoms with E-state index in [1.165, 1.54) is 7.05 Å². The zero-order valence-corrected chi connectivity index (χ0v) is 31.7. The third-order valence-corrected chi connectivity index (χ3v) is 9.36. The number of H-pyrrole nitrogens is 2. The summed E-state index contributed by atoms with van der Waals surface area (Å²) in [6.45, 7) is 12.6. The number of aliphatic imine (C=N–C) groups is 4. The van der Waals surface area contributed by atoms with Gasteiger partial charge in [0.05, 0.1) is 0 Å². The normalized spacial score (nSPS) is 16.5. The first-order chi connectivity index (χ1) is 24.9. The van der Waals surface area contributed by atoms with Gasteiger partial charge in [-0.3, -0.25) is 9.79 Å². The van der Waals surface area contributed by atoms with Crippen LogP contribution >= 0.6 is 0 Å². The Bertz CT molecular complexity index is 2020. The van der Waals surface area contributed by atoms with Gasteiger partial charge in [0.15, 0.2) is 23.3 Å². The van der Waals surface area contributed by atoms with Crippen molar-refractivity contribution in [2.24, 2.45) is 30.0 Å². The Morgan fingerprint density at radius 2 is 1.13 bits per heavy atom. The lowest BCUT2D eigenvalue weighted by atomic mass is 10.00. The first-order valence-corrected chi connectivity index (χ1v) is 18.7. The maximum Gasteiger partial charge on any atom is 0.471 e. The van der Waals surface area contributed by atoms with Crippen LogP contribution in [0.1, 0.15) is 115 Å². The van der Waals surface area contributed by atoms with Gasteiger partial charge in [0.25, 0.3) is 0 Å². The van der Waals surface area contributed by atoms with Crippen LogP contribution in [0.3, 0.4) is 0 Å². The van der Waals surface area contributed by atoms with Gasteiger partial charge < -0.3 is 20.2 Å². The number of aromatic nitrogens is 2. The second-order valence-electron chi connectivity index (χ2n) is 13.3. The summed E-state index contributed by atoms with van der Waals surface area (Å²) in [7, 11) is 2.54. The first-order valence-electron chi connectivity index (χ1n) is 18.7. The van der Waals surface area contributed by atoms with Crippen LogP contribution in [0.2, 0.25) is 0 Å². The van der Waals surface area contributed by atoms with E-state index in [0.29, 0.717) is 58.4 Å². The van der Waals surface area contributed by atoms with Crippen molar-refractivity contribution < 1.29 is 18.0 Å². The molecule has 2 aromatic heterocycles. The number of rotatable bonds is 13. The zero-order chi connectivity index (χ0) is 37.7. The predicted octanol–water partition coefficient (Wildman–Crippen LogP) is 7.34. The Hall–Kier alpha value is -4.62. The van der Waals surface area contributed by atoms with Crippen LogP contribution < -0.4 is 16.3 Å². The number of hydrogen-bond donors (Lipinski definition) is 3. The second-order valence-corrected chi connectivity index (χ2v) is 13.3. The zero-order valence-electron chi connectivity index (χ0n) is 31.7. The smallest absolute Gasteiger partial charge is 0.324 e.